The zero-order chi connectivity index (χ0) is 14.0. The normalized spacial score (nSPS) is 32.3. The van der Waals surface area contributed by atoms with Gasteiger partial charge in [0.1, 0.15) is 0 Å². The quantitative estimate of drug-likeness (QED) is 0.836. The Balaban J connectivity index is 1.85. The summed E-state index contributed by atoms with van der Waals surface area (Å²) in [5, 5.41) is 9.50. The molecule has 0 aromatic rings. The summed E-state index contributed by atoms with van der Waals surface area (Å²) in [6, 6.07) is 0. The molecular formula is C16H29NO2. The molecule has 0 aromatic carbocycles. The Hall–Kier alpha value is -0.570. The standard InChI is InChI=1S/C16H29NO2/c1-12-8-13(11-16(2,3)10-12)9-15(19)17-6-4-14(18)5-7-17/h12-14,18H,4-11H2,1-3H3. The van der Waals surface area contributed by atoms with Crippen molar-refractivity contribution in [2.75, 3.05) is 13.1 Å². The average molecular weight is 267 g/mol. The van der Waals surface area contributed by atoms with Crippen LogP contribution in [0, 0.1) is 17.3 Å². The number of amides is 1. The summed E-state index contributed by atoms with van der Waals surface area (Å²) in [7, 11) is 0. The average Bonchev–Trinajstić information content (AvgIpc) is 2.26. The Labute approximate surface area is 117 Å². The minimum atomic E-state index is -0.197. The van der Waals surface area contributed by atoms with Crippen LogP contribution in [0.2, 0.25) is 0 Å². The van der Waals surface area contributed by atoms with E-state index >= 15 is 0 Å². The SMILES string of the molecule is CC1CC(CC(=O)N2CCC(O)CC2)CC(C)(C)C1. The summed E-state index contributed by atoms with van der Waals surface area (Å²) >= 11 is 0. The van der Waals surface area contributed by atoms with Crippen LogP contribution < -0.4 is 0 Å². The van der Waals surface area contributed by atoms with E-state index in [4.69, 9.17) is 0 Å². The van der Waals surface area contributed by atoms with Crippen LogP contribution in [-0.4, -0.2) is 35.1 Å². The molecule has 2 unspecified atom stereocenters. The highest BCUT2D eigenvalue weighted by atomic mass is 16.3. The molecule has 1 aliphatic heterocycles. The molecule has 1 saturated carbocycles. The number of likely N-dealkylation sites (tertiary alicyclic amines) is 1. The van der Waals surface area contributed by atoms with Gasteiger partial charge in [-0.2, -0.15) is 0 Å². The molecule has 2 aliphatic rings. The van der Waals surface area contributed by atoms with Crippen molar-refractivity contribution in [1.82, 2.24) is 4.90 Å². The Morgan fingerprint density at radius 3 is 2.47 bits per heavy atom. The maximum absolute atomic E-state index is 12.3. The smallest absolute Gasteiger partial charge is 0.222 e. The molecule has 0 bridgehead atoms. The highest BCUT2D eigenvalue weighted by molar-refractivity contribution is 5.76. The second-order valence-electron chi connectivity index (χ2n) is 7.60. The number of nitrogens with zero attached hydrogens (tertiary/aromatic N) is 1. The minimum absolute atomic E-state index is 0.197. The van der Waals surface area contributed by atoms with Crippen LogP contribution in [0.25, 0.3) is 0 Å². The number of carbonyl (C=O) groups excluding carboxylic acids is 1. The summed E-state index contributed by atoms with van der Waals surface area (Å²) in [6.07, 6.45) is 5.68. The highest BCUT2D eigenvalue weighted by Gasteiger charge is 2.34. The number of rotatable bonds is 2. The van der Waals surface area contributed by atoms with Gasteiger partial charge in [0.05, 0.1) is 6.10 Å². The van der Waals surface area contributed by atoms with Crippen molar-refractivity contribution in [3.05, 3.63) is 0 Å². The van der Waals surface area contributed by atoms with Crippen molar-refractivity contribution in [3.8, 4) is 0 Å². The minimum Gasteiger partial charge on any atom is -0.393 e. The van der Waals surface area contributed by atoms with Crippen molar-refractivity contribution in [2.45, 2.75) is 65.4 Å². The number of hydrogen-bond acceptors (Lipinski definition) is 2. The lowest BCUT2D eigenvalue weighted by atomic mass is 9.67. The van der Waals surface area contributed by atoms with E-state index in [0.29, 0.717) is 23.7 Å². The molecule has 0 aromatic heterocycles. The third-order valence-electron chi connectivity index (χ3n) is 4.76. The van der Waals surface area contributed by atoms with Gasteiger partial charge in [-0.25, -0.2) is 0 Å². The van der Waals surface area contributed by atoms with Crippen LogP contribution in [0.4, 0.5) is 0 Å². The molecule has 110 valence electrons. The second kappa shape index (κ2) is 5.82. The summed E-state index contributed by atoms with van der Waals surface area (Å²) < 4.78 is 0. The van der Waals surface area contributed by atoms with Gasteiger partial charge in [-0.1, -0.05) is 20.8 Å². The van der Waals surface area contributed by atoms with Crippen molar-refractivity contribution >= 4 is 5.91 Å². The molecule has 3 nitrogen and oxygen atoms in total. The Bertz CT molecular complexity index is 319. The molecule has 0 spiro atoms. The fraction of sp³-hybridized carbons (Fsp3) is 0.938. The van der Waals surface area contributed by atoms with Gasteiger partial charge in [-0.3, -0.25) is 4.79 Å². The Morgan fingerprint density at radius 1 is 1.26 bits per heavy atom. The van der Waals surface area contributed by atoms with Gasteiger partial charge in [0, 0.05) is 19.5 Å². The van der Waals surface area contributed by atoms with Gasteiger partial charge in [0.2, 0.25) is 5.91 Å². The van der Waals surface area contributed by atoms with E-state index in [0.717, 1.165) is 31.8 Å². The predicted octanol–water partition coefficient (Wildman–Crippen LogP) is 2.82. The summed E-state index contributed by atoms with van der Waals surface area (Å²) in [6.45, 7) is 8.46. The van der Waals surface area contributed by atoms with Crippen molar-refractivity contribution in [1.29, 1.82) is 0 Å². The van der Waals surface area contributed by atoms with E-state index in [1.165, 1.54) is 19.3 Å². The lowest BCUT2D eigenvalue weighted by Crippen LogP contribution is -2.41. The third-order valence-corrected chi connectivity index (χ3v) is 4.76. The number of carbonyl (C=O) groups is 1. The summed E-state index contributed by atoms with van der Waals surface area (Å²) in [4.78, 5) is 14.3. The van der Waals surface area contributed by atoms with Crippen LogP contribution in [-0.2, 0) is 4.79 Å². The van der Waals surface area contributed by atoms with Crippen molar-refractivity contribution < 1.29 is 9.90 Å². The Kier molecular flexibility index (Phi) is 4.54. The molecular weight excluding hydrogens is 238 g/mol. The van der Waals surface area contributed by atoms with E-state index in [1.54, 1.807) is 0 Å². The molecule has 1 heterocycles. The molecule has 1 aliphatic carbocycles. The molecule has 2 rings (SSSR count). The van der Waals surface area contributed by atoms with Gasteiger partial charge in [0.15, 0.2) is 0 Å². The predicted molar refractivity (Wildman–Crippen MR) is 76.7 cm³/mol. The number of piperidine rings is 1. The maximum atomic E-state index is 12.3. The largest absolute Gasteiger partial charge is 0.393 e. The van der Waals surface area contributed by atoms with Crippen molar-refractivity contribution in [2.24, 2.45) is 17.3 Å². The molecule has 1 amide bonds. The fourth-order valence-electron chi connectivity index (χ4n) is 4.19. The number of aliphatic hydroxyl groups excluding tert-OH is 1. The lowest BCUT2D eigenvalue weighted by molar-refractivity contribution is -0.134. The number of hydrogen-bond donors (Lipinski definition) is 1. The van der Waals surface area contributed by atoms with E-state index in [9.17, 15) is 9.90 Å². The Morgan fingerprint density at radius 2 is 1.89 bits per heavy atom. The zero-order valence-electron chi connectivity index (χ0n) is 12.7. The van der Waals surface area contributed by atoms with E-state index in [2.05, 4.69) is 20.8 Å². The molecule has 0 radical (unpaired) electrons. The van der Waals surface area contributed by atoms with Crippen LogP contribution in [0.5, 0.6) is 0 Å². The first-order valence-corrected chi connectivity index (χ1v) is 7.81. The van der Waals surface area contributed by atoms with Crippen LogP contribution in [0.3, 0.4) is 0 Å². The molecule has 3 heteroatoms. The first-order valence-electron chi connectivity index (χ1n) is 7.81. The van der Waals surface area contributed by atoms with Crippen LogP contribution >= 0.6 is 0 Å². The van der Waals surface area contributed by atoms with Gasteiger partial charge < -0.3 is 10.0 Å². The fourth-order valence-corrected chi connectivity index (χ4v) is 4.19. The molecule has 2 fully saturated rings. The maximum Gasteiger partial charge on any atom is 0.222 e. The molecule has 2 atom stereocenters. The molecule has 1 N–H and O–H groups in total. The van der Waals surface area contributed by atoms with Gasteiger partial charge in [-0.15, -0.1) is 0 Å². The monoisotopic (exact) mass is 267 g/mol. The van der Waals surface area contributed by atoms with Crippen LogP contribution in [0.15, 0.2) is 0 Å². The summed E-state index contributed by atoms with van der Waals surface area (Å²) in [5.74, 6) is 1.60. The van der Waals surface area contributed by atoms with Crippen LogP contribution in [0.1, 0.15) is 59.3 Å². The highest BCUT2D eigenvalue weighted by Crippen LogP contribution is 2.43. The van der Waals surface area contributed by atoms with Gasteiger partial charge >= 0.3 is 0 Å². The van der Waals surface area contributed by atoms with E-state index < -0.39 is 0 Å². The van der Waals surface area contributed by atoms with Gasteiger partial charge in [-0.05, 0) is 49.4 Å². The lowest BCUT2D eigenvalue weighted by Gasteiger charge is -2.39. The van der Waals surface area contributed by atoms with Crippen molar-refractivity contribution in [3.63, 3.8) is 0 Å². The first kappa shape index (κ1) is 14.8. The van der Waals surface area contributed by atoms with E-state index in [1.807, 2.05) is 4.90 Å². The zero-order valence-corrected chi connectivity index (χ0v) is 12.7. The molecule has 19 heavy (non-hydrogen) atoms. The number of aliphatic hydroxyl groups is 1. The first-order chi connectivity index (χ1) is 8.85. The van der Waals surface area contributed by atoms with E-state index in [-0.39, 0.29) is 6.10 Å². The second-order valence-corrected chi connectivity index (χ2v) is 7.60. The topological polar surface area (TPSA) is 40.5 Å². The summed E-state index contributed by atoms with van der Waals surface area (Å²) in [5.41, 5.74) is 0.390. The third kappa shape index (κ3) is 4.20. The molecule has 1 saturated heterocycles. The van der Waals surface area contributed by atoms with Gasteiger partial charge in [0.25, 0.3) is 0 Å².